The summed E-state index contributed by atoms with van der Waals surface area (Å²) in [6.45, 7) is 11.4. The molecule has 0 amide bonds. The Morgan fingerprint density at radius 3 is 1.53 bits per heavy atom. The fourth-order valence-corrected chi connectivity index (χ4v) is 3.59. The molecule has 9 heteroatoms. The molecule has 1 heterocycles. The van der Waals surface area contributed by atoms with Crippen LogP contribution >= 0.6 is 24.4 Å². The number of aromatic nitrogens is 1. The number of hydrogen-bond donors (Lipinski definition) is 2. The van der Waals surface area contributed by atoms with Gasteiger partial charge in [0, 0.05) is 49.7 Å². The summed E-state index contributed by atoms with van der Waals surface area (Å²) in [5, 5.41) is 10.5. The molecule has 32 heavy (non-hydrogen) atoms. The molecule has 170 valence electrons. The summed E-state index contributed by atoms with van der Waals surface area (Å²) in [5.41, 5.74) is 9.10. The van der Waals surface area contributed by atoms with Crippen LogP contribution in [0.25, 0.3) is 0 Å². The van der Waals surface area contributed by atoms with Crippen molar-refractivity contribution in [1.82, 2.24) is 25.6 Å². The van der Waals surface area contributed by atoms with E-state index in [1.165, 1.54) is 0 Å². The third-order valence-electron chi connectivity index (χ3n) is 4.85. The van der Waals surface area contributed by atoms with Crippen LogP contribution in [-0.4, -0.2) is 62.6 Å². The topological polar surface area (TPSA) is 68.2 Å². The predicted molar refractivity (Wildman–Crippen MR) is 141 cm³/mol. The van der Waals surface area contributed by atoms with Crippen molar-refractivity contribution in [2.45, 2.75) is 27.7 Å². The van der Waals surface area contributed by atoms with Crippen molar-refractivity contribution in [2.75, 3.05) is 26.2 Å². The Hall–Kier alpha value is -2.91. The van der Waals surface area contributed by atoms with Crippen molar-refractivity contribution in [3.8, 4) is 0 Å². The van der Waals surface area contributed by atoms with E-state index in [0.717, 1.165) is 37.3 Å². The van der Waals surface area contributed by atoms with E-state index in [0.29, 0.717) is 21.6 Å². The lowest BCUT2D eigenvalue weighted by Crippen LogP contribution is -2.39. The molecular weight excluding hydrogens is 438 g/mol. The third kappa shape index (κ3) is 7.06. The maximum atomic E-state index is 5.53. The summed E-state index contributed by atoms with van der Waals surface area (Å²) in [6.07, 6.45) is 3.45. The normalized spacial score (nSPS) is 11.6. The average Bonchev–Trinajstić information content (AvgIpc) is 2.83. The molecule has 0 saturated heterocycles. The molecule has 0 aliphatic rings. The number of benzene rings is 1. The standard InChI is InChI=1S/C23H31N7S2/c1-5-29(6-2)22(31)27-25-20(18-12-10-9-11-13-18)21(19-14-16-24-17-15-19)26-28-23(32)30(7-3)8-4/h9-17H,5-8H2,1-4H3,(H,27,31)(H,28,32). The first-order valence-corrected chi connectivity index (χ1v) is 11.6. The number of rotatable bonds is 9. The summed E-state index contributed by atoms with van der Waals surface area (Å²) in [7, 11) is 0. The van der Waals surface area contributed by atoms with E-state index in [4.69, 9.17) is 24.4 Å². The minimum atomic E-state index is 0.556. The van der Waals surface area contributed by atoms with Crippen molar-refractivity contribution < 1.29 is 0 Å². The molecule has 0 bridgehead atoms. The molecule has 2 rings (SSSR count). The highest BCUT2D eigenvalue weighted by Gasteiger charge is 2.17. The van der Waals surface area contributed by atoms with E-state index >= 15 is 0 Å². The van der Waals surface area contributed by atoms with Crippen molar-refractivity contribution in [1.29, 1.82) is 0 Å². The van der Waals surface area contributed by atoms with Crippen LogP contribution < -0.4 is 10.9 Å². The van der Waals surface area contributed by atoms with Gasteiger partial charge in [0.15, 0.2) is 10.2 Å². The number of thiocarbonyl (C=S) groups is 2. The van der Waals surface area contributed by atoms with Crippen molar-refractivity contribution in [3.63, 3.8) is 0 Å². The number of hydrogen-bond acceptors (Lipinski definition) is 5. The highest BCUT2D eigenvalue weighted by Crippen LogP contribution is 2.10. The molecule has 7 nitrogen and oxygen atoms in total. The SMILES string of the molecule is CCN(CC)C(=S)NN=C(C(=NNC(=S)N(CC)CC)c1ccncc1)c1ccccc1. The summed E-state index contributed by atoms with van der Waals surface area (Å²) in [6, 6.07) is 13.6. The Bertz CT molecular complexity index is 844. The second-order valence-electron chi connectivity index (χ2n) is 6.70. The molecular formula is C23H31N7S2. The number of hydrazone groups is 2. The fourth-order valence-electron chi connectivity index (χ4n) is 2.98. The minimum absolute atomic E-state index is 0.556. The molecule has 2 N–H and O–H groups in total. The third-order valence-corrected chi connectivity index (χ3v) is 5.55. The van der Waals surface area contributed by atoms with Gasteiger partial charge < -0.3 is 9.80 Å². The Labute approximate surface area is 201 Å². The smallest absolute Gasteiger partial charge is 0.189 e. The fraction of sp³-hybridized carbons (Fsp3) is 0.348. The number of nitrogens with zero attached hydrogens (tertiary/aromatic N) is 5. The first kappa shape index (κ1) is 25.4. The summed E-state index contributed by atoms with van der Waals surface area (Å²) < 4.78 is 0. The first-order valence-electron chi connectivity index (χ1n) is 10.8. The van der Waals surface area contributed by atoms with Gasteiger partial charge in [-0.1, -0.05) is 30.3 Å². The van der Waals surface area contributed by atoms with E-state index in [1.54, 1.807) is 12.4 Å². The van der Waals surface area contributed by atoms with Gasteiger partial charge in [0.1, 0.15) is 11.4 Å². The second-order valence-corrected chi connectivity index (χ2v) is 7.47. The molecule has 0 aliphatic heterocycles. The quantitative estimate of drug-likeness (QED) is 0.330. The second kappa shape index (κ2) is 13.5. The molecule has 0 spiro atoms. The van der Waals surface area contributed by atoms with Crippen LogP contribution in [0.1, 0.15) is 38.8 Å². The van der Waals surface area contributed by atoms with Gasteiger partial charge in [0.05, 0.1) is 0 Å². The van der Waals surface area contributed by atoms with E-state index in [9.17, 15) is 0 Å². The lowest BCUT2D eigenvalue weighted by atomic mass is 10.0. The van der Waals surface area contributed by atoms with Gasteiger partial charge in [-0.2, -0.15) is 10.2 Å². The molecule has 1 aromatic heterocycles. The van der Waals surface area contributed by atoms with Crippen LogP contribution in [0.2, 0.25) is 0 Å². The van der Waals surface area contributed by atoms with Gasteiger partial charge in [-0.15, -0.1) is 0 Å². The zero-order valence-corrected chi connectivity index (χ0v) is 20.7. The van der Waals surface area contributed by atoms with Crippen LogP contribution in [0.4, 0.5) is 0 Å². The van der Waals surface area contributed by atoms with E-state index in [1.807, 2.05) is 52.3 Å². The van der Waals surface area contributed by atoms with Crippen LogP contribution in [0, 0.1) is 0 Å². The largest absolute Gasteiger partial charge is 0.348 e. The molecule has 0 saturated carbocycles. The highest BCUT2D eigenvalue weighted by atomic mass is 32.1. The van der Waals surface area contributed by atoms with Crippen LogP contribution in [-0.2, 0) is 0 Å². The molecule has 1 aromatic carbocycles. The Morgan fingerprint density at radius 1 is 0.719 bits per heavy atom. The molecule has 0 aliphatic carbocycles. The van der Waals surface area contributed by atoms with Crippen LogP contribution in [0.3, 0.4) is 0 Å². The molecule has 0 unspecified atom stereocenters. The zero-order chi connectivity index (χ0) is 23.3. The molecule has 0 atom stereocenters. The van der Waals surface area contributed by atoms with Gasteiger partial charge in [-0.25, -0.2) is 0 Å². The van der Waals surface area contributed by atoms with Gasteiger partial charge in [0.2, 0.25) is 0 Å². The van der Waals surface area contributed by atoms with Crippen LogP contribution in [0.5, 0.6) is 0 Å². The Kier molecular flexibility index (Phi) is 10.7. The van der Waals surface area contributed by atoms with Gasteiger partial charge in [0.25, 0.3) is 0 Å². The predicted octanol–water partition coefficient (Wildman–Crippen LogP) is 3.62. The molecule has 2 aromatic rings. The molecule has 0 fully saturated rings. The van der Waals surface area contributed by atoms with E-state index in [2.05, 4.69) is 53.7 Å². The van der Waals surface area contributed by atoms with Crippen molar-refractivity contribution in [2.24, 2.45) is 10.2 Å². The van der Waals surface area contributed by atoms with Gasteiger partial charge >= 0.3 is 0 Å². The lowest BCUT2D eigenvalue weighted by molar-refractivity contribution is 0.457. The summed E-state index contributed by atoms with van der Waals surface area (Å²) >= 11 is 11.1. The summed E-state index contributed by atoms with van der Waals surface area (Å²) in [5.74, 6) is 0. The Morgan fingerprint density at radius 2 is 1.12 bits per heavy atom. The summed E-state index contributed by atoms with van der Waals surface area (Å²) in [4.78, 5) is 8.19. The number of nitrogens with one attached hydrogen (secondary N) is 2. The van der Waals surface area contributed by atoms with E-state index in [-0.39, 0.29) is 0 Å². The van der Waals surface area contributed by atoms with Gasteiger partial charge in [-0.3, -0.25) is 15.8 Å². The Balaban J connectivity index is 2.52. The average molecular weight is 470 g/mol. The zero-order valence-electron chi connectivity index (χ0n) is 19.1. The minimum Gasteiger partial charge on any atom is -0.348 e. The molecule has 0 radical (unpaired) electrons. The first-order chi connectivity index (χ1) is 15.5. The monoisotopic (exact) mass is 469 g/mol. The van der Waals surface area contributed by atoms with Crippen molar-refractivity contribution >= 4 is 46.1 Å². The van der Waals surface area contributed by atoms with Crippen molar-refractivity contribution in [3.05, 3.63) is 66.0 Å². The lowest BCUT2D eigenvalue weighted by Gasteiger charge is -2.22. The highest BCUT2D eigenvalue weighted by molar-refractivity contribution is 7.80. The maximum absolute atomic E-state index is 5.53. The van der Waals surface area contributed by atoms with Crippen LogP contribution in [0.15, 0.2) is 65.1 Å². The maximum Gasteiger partial charge on any atom is 0.189 e. The number of pyridine rings is 1. The van der Waals surface area contributed by atoms with Gasteiger partial charge in [-0.05, 0) is 64.3 Å². The van der Waals surface area contributed by atoms with E-state index < -0.39 is 0 Å².